The highest BCUT2D eigenvalue weighted by molar-refractivity contribution is 5.86. The maximum atomic E-state index is 11.1. The first-order valence-corrected chi connectivity index (χ1v) is 3.83. The number of methoxy groups -OCH3 is 1. The van der Waals surface area contributed by atoms with Crippen molar-refractivity contribution in [1.29, 1.82) is 0 Å². The third kappa shape index (κ3) is 4.20. The van der Waals surface area contributed by atoms with Gasteiger partial charge in [-0.3, -0.25) is 4.79 Å². The van der Waals surface area contributed by atoms with Crippen LogP contribution in [0.1, 0.15) is 13.3 Å². The Bertz CT molecular complexity index is 144. The quantitative estimate of drug-likeness (QED) is 0.517. The van der Waals surface area contributed by atoms with Crippen molar-refractivity contribution in [2.45, 2.75) is 19.4 Å². The molecule has 0 heterocycles. The molecule has 0 radical (unpaired) electrons. The molecular formula is C8H14O4. The van der Waals surface area contributed by atoms with Gasteiger partial charge in [0.15, 0.2) is 5.78 Å². The Hall–Kier alpha value is -0.740. The van der Waals surface area contributed by atoms with Crippen LogP contribution in [-0.2, 0) is 19.1 Å². The van der Waals surface area contributed by atoms with Crippen molar-refractivity contribution in [3.63, 3.8) is 0 Å². The van der Waals surface area contributed by atoms with Crippen molar-refractivity contribution in [2.75, 3.05) is 20.3 Å². The molecule has 0 aliphatic carbocycles. The van der Waals surface area contributed by atoms with Crippen LogP contribution >= 0.6 is 0 Å². The molecular weight excluding hydrogens is 160 g/mol. The Morgan fingerprint density at radius 2 is 2.25 bits per heavy atom. The van der Waals surface area contributed by atoms with Gasteiger partial charge < -0.3 is 14.3 Å². The molecule has 4 heteroatoms. The van der Waals surface area contributed by atoms with Crippen LogP contribution in [0.25, 0.3) is 0 Å². The van der Waals surface area contributed by atoms with Crippen LogP contribution in [0.5, 0.6) is 0 Å². The number of ketones is 1. The minimum Gasteiger partial charge on any atom is -0.374 e. The molecule has 0 aromatic heterocycles. The van der Waals surface area contributed by atoms with E-state index in [1.54, 1.807) is 6.92 Å². The minimum absolute atomic E-state index is 0.0167. The van der Waals surface area contributed by atoms with Gasteiger partial charge in [0.05, 0.1) is 0 Å². The fourth-order valence-corrected chi connectivity index (χ4v) is 0.742. The summed E-state index contributed by atoms with van der Waals surface area (Å²) in [6.07, 6.45) is 0.120. The molecule has 0 saturated carbocycles. The van der Waals surface area contributed by atoms with Gasteiger partial charge in [-0.1, -0.05) is 0 Å². The predicted molar refractivity (Wildman–Crippen MR) is 43.0 cm³/mol. The number of rotatable bonds is 7. The average molecular weight is 174 g/mol. The molecule has 0 aromatic carbocycles. The first-order valence-electron chi connectivity index (χ1n) is 3.83. The summed E-state index contributed by atoms with van der Waals surface area (Å²) in [5.41, 5.74) is 0. The van der Waals surface area contributed by atoms with Crippen LogP contribution in [0.4, 0.5) is 0 Å². The van der Waals surface area contributed by atoms with Gasteiger partial charge in [0, 0.05) is 20.1 Å². The average Bonchev–Trinajstić information content (AvgIpc) is 2.10. The Morgan fingerprint density at radius 3 is 2.67 bits per heavy atom. The summed E-state index contributed by atoms with van der Waals surface area (Å²) in [6, 6.07) is 0. The molecule has 0 bridgehead atoms. The van der Waals surface area contributed by atoms with E-state index in [1.165, 1.54) is 7.11 Å². The van der Waals surface area contributed by atoms with E-state index in [2.05, 4.69) is 0 Å². The lowest BCUT2D eigenvalue weighted by Gasteiger charge is -2.10. The molecule has 70 valence electrons. The van der Waals surface area contributed by atoms with Gasteiger partial charge in [-0.25, -0.2) is 0 Å². The molecule has 4 nitrogen and oxygen atoms in total. The second-order valence-corrected chi connectivity index (χ2v) is 2.23. The molecule has 1 unspecified atom stereocenters. The summed E-state index contributed by atoms with van der Waals surface area (Å²) < 4.78 is 9.67. The standard InChI is InChI=1S/C8H14O4/c1-3-12-6-7(10)8(11-2)4-5-9/h5,8H,3-4,6H2,1-2H3. The van der Waals surface area contributed by atoms with E-state index in [0.717, 1.165) is 0 Å². The molecule has 0 aliphatic rings. The highest BCUT2D eigenvalue weighted by Crippen LogP contribution is 1.96. The van der Waals surface area contributed by atoms with Crippen LogP contribution in [-0.4, -0.2) is 38.5 Å². The molecule has 12 heavy (non-hydrogen) atoms. The molecule has 0 aromatic rings. The van der Waals surface area contributed by atoms with Gasteiger partial charge in [0.1, 0.15) is 19.0 Å². The topological polar surface area (TPSA) is 52.6 Å². The van der Waals surface area contributed by atoms with Gasteiger partial charge in [-0.15, -0.1) is 0 Å². The SMILES string of the molecule is CCOCC(=O)C(CC=O)OC. The van der Waals surface area contributed by atoms with Crippen LogP contribution in [0, 0.1) is 0 Å². The zero-order valence-electron chi connectivity index (χ0n) is 7.41. The first kappa shape index (κ1) is 11.3. The number of Topliss-reactive ketones (excluding diaryl/α,β-unsaturated/α-hetero) is 1. The minimum atomic E-state index is -0.644. The van der Waals surface area contributed by atoms with E-state index in [0.29, 0.717) is 12.9 Å². The van der Waals surface area contributed by atoms with Crippen LogP contribution in [0.15, 0.2) is 0 Å². The number of carbonyl (C=O) groups is 2. The normalized spacial score (nSPS) is 12.5. The summed E-state index contributed by atoms with van der Waals surface area (Å²) in [5, 5.41) is 0. The molecule has 0 spiro atoms. The molecule has 0 aliphatic heterocycles. The third-order valence-corrected chi connectivity index (χ3v) is 1.40. The Labute approximate surface area is 71.8 Å². The summed E-state index contributed by atoms with van der Waals surface area (Å²) >= 11 is 0. The fraction of sp³-hybridized carbons (Fsp3) is 0.750. The van der Waals surface area contributed by atoms with E-state index in [4.69, 9.17) is 9.47 Å². The van der Waals surface area contributed by atoms with Crippen molar-refractivity contribution < 1.29 is 19.1 Å². The predicted octanol–water partition coefficient (Wildman–Crippen LogP) is 0.196. The van der Waals surface area contributed by atoms with Crippen LogP contribution < -0.4 is 0 Å². The largest absolute Gasteiger partial charge is 0.374 e. The Balaban J connectivity index is 3.76. The van der Waals surface area contributed by atoms with Gasteiger partial charge >= 0.3 is 0 Å². The number of hydrogen-bond acceptors (Lipinski definition) is 4. The molecule has 0 rings (SSSR count). The van der Waals surface area contributed by atoms with Crippen LogP contribution in [0.3, 0.4) is 0 Å². The maximum absolute atomic E-state index is 11.1. The number of carbonyl (C=O) groups excluding carboxylic acids is 2. The van der Waals surface area contributed by atoms with Crippen LogP contribution in [0.2, 0.25) is 0 Å². The summed E-state index contributed by atoms with van der Waals surface area (Å²) in [4.78, 5) is 21.2. The number of aldehydes is 1. The fourth-order valence-electron chi connectivity index (χ4n) is 0.742. The summed E-state index contributed by atoms with van der Waals surface area (Å²) in [6.45, 7) is 2.31. The lowest BCUT2D eigenvalue weighted by Crippen LogP contribution is -2.27. The molecule has 0 N–H and O–H groups in total. The van der Waals surface area contributed by atoms with E-state index in [1.807, 2.05) is 0 Å². The summed E-state index contributed by atoms with van der Waals surface area (Å²) in [5.74, 6) is -0.188. The lowest BCUT2D eigenvalue weighted by atomic mass is 10.2. The molecule has 0 fully saturated rings. The molecule has 0 saturated heterocycles. The lowest BCUT2D eigenvalue weighted by molar-refractivity contribution is -0.135. The maximum Gasteiger partial charge on any atom is 0.187 e. The molecule has 1 atom stereocenters. The molecule has 0 amide bonds. The Kier molecular flexibility index (Phi) is 6.51. The van der Waals surface area contributed by atoms with Crippen molar-refractivity contribution >= 4 is 12.1 Å². The van der Waals surface area contributed by atoms with Crippen molar-refractivity contribution in [3.05, 3.63) is 0 Å². The van der Waals surface area contributed by atoms with E-state index >= 15 is 0 Å². The van der Waals surface area contributed by atoms with E-state index in [-0.39, 0.29) is 18.8 Å². The Morgan fingerprint density at radius 1 is 1.58 bits per heavy atom. The first-order chi connectivity index (χ1) is 5.76. The summed E-state index contributed by atoms with van der Waals surface area (Å²) in [7, 11) is 1.40. The third-order valence-electron chi connectivity index (χ3n) is 1.40. The van der Waals surface area contributed by atoms with Crippen molar-refractivity contribution in [2.24, 2.45) is 0 Å². The highest BCUT2D eigenvalue weighted by atomic mass is 16.5. The van der Waals surface area contributed by atoms with Crippen molar-refractivity contribution in [1.82, 2.24) is 0 Å². The van der Waals surface area contributed by atoms with Crippen molar-refractivity contribution in [3.8, 4) is 0 Å². The second-order valence-electron chi connectivity index (χ2n) is 2.23. The van der Waals surface area contributed by atoms with Gasteiger partial charge in [0.2, 0.25) is 0 Å². The zero-order valence-corrected chi connectivity index (χ0v) is 7.41. The second kappa shape index (κ2) is 6.94. The van der Waals surface area contributed by atoms with E-state index < -0.39 is 6.10 Å². The van der Waals surface area contributed by atoms with Gasteiger partial charge in [-0.05, 0) is 6.92 Å². The van der Waals surface area contributed by atoms with Gasteiger partial charge in [-0.2, -0.15) is 0 Å². The van der Waals surface area contributed by atoms with E-state index in [9.17, 15) is 9.59 Å². The number of ether oxygens (including phenoxy) is 2. The smallest absolute Gasteiger partial charge is 0.187 e. The van der Waals surface area contributed by atoms with Gasteiger partial charge in [0.25, 0.3) is 0 Å². The zero-order chi connectivity index (χ0) is 9.40. The highest BCUT2D eigenvalue weighted by Gasteiger charge is 2.16. The monoisotopic (exact) mass is 174 g/mol. The number of hydrogen-bond donors (Lipinski definition) is 0.